The van der Waals surface area contributed by atoms with Gasteiger partial charge in [-0.2, -0.15) is 9.90 Å². The first-order valence-electron chi connectivity index (χ1n) is 5.42. The highest BCUT2D eigenvalue weighted by Gasteiger charge is 2.14. The van der Waals surface area contributed by atoms with Crippen molar-refractivity contribution in [2.75, 3.05) is 0 Å². The molecule has 0 spiro atoms. The van der Waals surface area contributed by atoms with Crippen LogP contribution in [0.3, 0.4) is 0 Å². The fourth-order valence-corrected chi connectivity index (χ4v) is 2.25. The van der Waals surface area contributed by atoms with Gasteiger partial charge in [0.2, 0.25) is 5.82 Å². The zero-order valence-electron chi connectivity index (χ0n) is 9.90. The Hall–Kier alpha value is -1.67. The van der Waals surface area contributed by atoms with Crippen molar-refractivity contribution in [2.24, 2.45) is 7.05 Å². The SMILES string of the molecule is Cn1nnc(-c2cnn(-c3ccc(Br)cc3)c2S)n1. The lowest BCUT2D eigenvalue weighted by Crippen LogP contribution is -1.96. The molecule has 96 valence electrons. The summed E-state index contributed by atoms with van der Waals surface area (Å²) in [6.07, 6.45) is 1.68. The molecule has 0 aliphatic rings. The van der Waals surface area contributed by atoms with Gasteiger partial charge in [0.05, 0.1) is 24.5 Å². The van der Waals surface area contributed by atoms with Gasteiger partial charge in [0.15, 0.2) is 0 Å². The first kappa shape index (κ1) is 12.4. The van der Waals surface area contributed by atoms with E-state index in [-0.39, 0.29) is 0 Å². The smallest absolute Gasteiger partial charge is 0.209 e. The maximum atomic E-state index is 4.49. The van der Waals surface area contributed by atoms with Gasteiger partial charge in [-0.3, -0.25) is 0 Å². The van der Waals surface area contributed by atoms with E-state index in [9.17, 15) is 0 Å². The molecule has 8 heteroatoms. The minimum Gasteiger partial charge on any atom is -0.227 e. The number of halogens is 1. The number of tetrazole rings is 1. The quantitative estimate of drug-likeness (QED) is 0.728. The topological polar surface area (TPSA) is 61.4 Å². The summed E-state index contributed by atoms with van der Waals surface area (Å²) >= 11 is 7.89. The van der Waals surface area contributed by atoms with Crippen LogP contribution in [0.15, 0.2) is 40.0 Å². The number of nitrogens with zero attached hydrogens (tertiary/aromatic N) is 6. The monoisotopic (exact) mass is 336 g/mol. The highest BCUT2D eigenvalue weighted by Crippen LogP contribution is 2.25. The van der Waals surface area contributed by atoms with E-state index in [1.807, 2.05) is 24.3 Å². The normalized spacial score (nSPS) is 10.9. The summed E-state index contributed by atoms with van der Waals surface area (Å²) in [5, 5.41) is 16.9. The molecule has 0 bridgehead atoms. The number of aryl methyl sites for hydroxylation is 1. The van der Waals surface area contributed by atoms with Crippen molar-refractivity contribution in [2.45, 2.75) is 5.03 Å². The minimum atomic E-state index is 0.510. The van der Waals surface area contributed by atoms with Crippen molar-refractivity contribution in [3.05, 3.63) is 34.9 Å². The molecule has 6 nitrogen and oxygen atoms in total. The molecule has 0 aliphatic carbocycles. The summed E-state index contributed by atoms with van der Waals surface area (Å²) in [4.78, 5) is 1.40. The Morgan fingerprint density at radius 1 is 1.21 bits per heavy atom. The van der Waals surface area contributed by atoms with Crippen molar-refractivity contribution in [3.8, 4) is 17.1 Å². The van der Waals surface area contributed by atoms with Crippen LogP contribution in [0, 0.1) is 0 Å². The van der Waals surface area contributed by atoms with Crippen LogP contribution in [-0.4, -0.2) is 30.0 Å². The Bertz CT molecular complexity index is 717. The Morgan fingerprint density at radius 3 is 2.58 bits per heavy atom. The Morgan fingerprint density at radius 2 is 1.95 bits per heavy atom. The molecule has 0 saturated heterocycles. The van der Waals surface area contributed by atoms with Gasteiger partial charge < -0.3 is 0 Å². The maximum Gasteiger partial charge on any atom is 0.209 e. The van der Waals surface area contributed by atoms with Crippen molar-refractivity contribution in [1.82, 2.24) is 30.0 Å². The predicted molar refractivity (Wildman–Crippen MR) is 76.3 cm³/mol. The van der Waals surface area contributed by atoms with Crippen LogP contribution in [0.25, 0.3) is 17.1 Å². The largest absolute Gasteiger partial charge is 0.227 e. The second kappa shape index (κ2) is 4.78. The third-order valence-corrected chi connectivity index (χ3v) is 3.52. The number of hydrogen-bond acceptors (Lipinski definition) is 5. The zero-order valence-corrected chi connectivity index (χ0v) is 12.4. The molecule has 0 saturated carbocycles. The third-order valence-electron chi connectivity index (χ3n) is 2.56. The molecule has 3 aromatic rings. The summed E-state index contributed by atoms with van der Waals surface area (Å²) < 4.78 is 2.74. The third kappa shape index (κ3) is 2.28. The van der Waals surface area contributed by atoms with Crippen LogP contribution >= 0.6 is 28.6 Å². The molecule has 0 fully saturated rings. The lowest BCUT2D eigenvalue weighted by molar-refractivity contribution is 0.630. The van der Waals surface area contributed by atoms with Gasteiger partial charge in [0.1, 0.15) is 5.03 Å². The molecule has 19 heavy (non-hydrogen) atoms. The van der Waals surface area contributed by atoms with Gasteiger partial charge in [-0.05, 0) is 29.5 Å². The van der Waals surface area contributed by atoms with Crippen LogP contribution in [-0.2, 0) is 7.05 Å². The van der Waals surface area contributed by atoms with Crippen LogP contribution < -0.4 is 0 Å². The summed E-state index contributed by atoms with van der Waals surface area (Å²) in [7, 11) is 1.72. The second-order valence-electron chi connectivity index (χ2n) is 3.87. The number of aromatic nitrogens is 6. The van der Waals surface area contributed by atoms with E-state index >= 15 is 0 Å². The summed E-state index contributed by atoms with van der Waals surface area (Å²) in [5.41, 5.74) is 1.67. The molecular formula is C11H9BrN6S. The summed E-state index contributed by atoms with van der Waals surface area (Å²) in [6, 6.07) is 7.80. The van der Waals surface area contributed by atoms with Crippen LogP contribution in [0.5, 0.6) is 0 Å². The van der Waals surface area contributed by atoms with E-state index in [1.165, 1.54) is 4.80 Å². The van der Waals surface area contributed by atoms with E-state index in [1.54, 1.807) is 17.9 Å². The number of hydrogen-bond donors (Lipinski definition) is 1. The molecule has 0 aliphatic heterocycles. The number of rotatable bonds is 2. The molecule has 0 radical (unpaired) electrons. The van der Waals surface area contributed by atoms with Crippen molar-refractivity contribution in [3.63, 3.8) is 0 Å². The molecule has 0 N–H and O–H groups in total. The summed E-state index contributed by atoms with van der Waals surface area (Å²) in [5.74, 6) is 0.510. The van der Waals surface area contributed by atoms with Crippen molar-refractivity contribution >= 4 is 28.6 Å². The van der Waals surface area contributed by atoms with Crippen molar-refractivity contribution in [1.29, 1.82) is 0 Å². The van der Waals surface area contributed by atoms with E-state index in [0.717, 1.165) is 15.7 Å². The lowest BCUT2D eigenvalue weighted by atomic mass is 10.3. The molecule has 1 aromatic carbocycles. The molecule has 0 amide bonds. The second-order valence-corrected chi connectivity index (χ2v) is 5.21. The molecule has 2 heterocycles. The van der Waals surface area contributed by atoms with E-state index < -0.39 is 0 Å². The zero-order chi connectivity index (χ0) is 13.4. The maximum absolute atomic E-state index is 4.49. The predicted octanol–water partition coefficient (Wildman–Crippen LogP) is 2.11. The van der Waals surface area contributed by atoms with Crippen LogP contribution in [0.2, 0.25) is 0 Å². The Kier molecular flexibility index (Phi) is 3.11. The number of benzene rings is 1. The van der Waals surface area contributed by atoms with Gasteiger partial charge in [0, 0.05) is 4.47 Å². The first-order chi connectivity index (χ1) is 9.15. The fourth-order valence-electron chi connectivity index (χ4n) is 1.66. The minimum absolute atomic E-state index is 0.510. The number of thiol groups is 1. The first-order valence-corrected chi connectivity index (χ1v) is 6.66. The Labute approximate surface area is 123 Å². The van der Waals surface area contributed by atoms with Crippen LogP contribution in [0.1, 0.15) is 0 Å². The summed E-state index contributed by atoms with van der Waals surface area (Å²) in [6.45, 7) is 0. The van der Waals surface area contributed by atoms with Crippen LogP contribution in [0.4, 0.5) is 0 Å². The standard InChI is InChI=1S/C11H9BrN6S/c1-17-15-10(14-16-17)9-6-13-18(11(9)19)8-4-2-7(12)3-5-8/h2-6,19H,1H3. The van der Waals surface area contributed by atoms with E-state index in [2.05, 4.69) is 49.1 Å². The van der Waals surface area contributed by atoms with Gasteiger partial charge in [-0.15, -0.1) is 22.8 Å². The average molecular weight is 337 g/mol. The van der Waals surface area contributed by atoms with Crippen molar-refractivity contribution < 1.29 is 0 Å². The van der Waals surface area contributed by atoms with Gasteiger partial charge in [-0.1, -0.05) is 15.9 Å². The Balaban J connectivity index is 2.06. The molecule has 0 unspecified atom stereocenters. The average Bonchev–Trinajstić information content (AvgIpc) is 2.97. The van der Waals surface area contributed by atoms with E-state index in [4.69, 9.17) is 0 Å². The fraction of sp³-hybridized carbons (Fsp3) is 0.0909. The highest BCUT2D eigenvalue weighted by molar-refractivity contribution is 9.10. The molecule has 2 aromatic heterocycles. The molecular weight excluding hydrogens is 328 g/mol. The van der Waals surface area contributed by atoms with Gasteiger partial charge in [0.25, 0.3) is 0 Å². The van der Waals surface area contributed by atoms with Gasteiger partial charge in [-0.25, -0.2) is 4.68 Å². The lowest BCUT2D eigenvalue weighted by Gasteiger charge is -2.03. The van der Waals surface area contributed by atoms with E-state index in [0.29, 0.717) is 10.9 Å². The molecule has 0 atom stereocenters. The molecule has 3 rings (SSSR count). The highest BCUT2D eigenvalue weighted by atomic mass is 79.9. The van der Waals surface area contributed by atoms with Gasteiger partial charge >= 0.3 is 0 Å².